The lowest BCUT2D eigenvalue weighted by atomic mass is 9.76. The van der Waals surface area contributed by atoms with Gasteiger partial charge >= 0.3 is 8.56 Å². The van der Waals surface area contributed by atoms with E-state index < -0.39 is 25.2 Å². The third kappa shape index (κ3) is 9.92. The summed E-state index contributed by atoms with van der Waals surface area (Å²) in [5.74, 6) is 0. The molecule has 0 heterocycles. The first-order valence-electron chi connectivity index (χ1n) is 10.5. The van der Waals surface area contributed by atoms with Gasteiger partial charge in [-0.3, -0.25) is 0 Å². The van der Waals surface area contributed by atoms with E-state index >= 15 is 0 Å². The third-order valence-electron chi connectivity index (χ3n) is 4.44. The summed E-state index contributed by atoms with van der Waals surface area (Å²) in [5.41, 5.74) is 2.22. The van der Waals surface area contributed by atoms with Gasteiger partial charge in [0.15, 0.2) is 16.6 Å². The van der Waals surface area contributed by atoms with Crippen LogP contribution in [0.2, 0.25) is 51.9 Å². The SMILES string of the molecule is CC1(C)CC(NCCC[Si](C)(O[Si](C)(C)C)O[Si](C)(C)C)=CC(=C(C#N)C#N)C1. The first kappa shape index (κ1) is 25.9. The maximum absolute atomic E-state index is 9.23. The number of hydrogen-bond acceptors (Lipinski definition) is 5. The van der Waals surface area contributed by atoms with Gasteiger partial charge in [-0.1, -0.05) is 13.8 Å². The fraction of sp³-hybridized carbons (Fsp3) is 0.714. The molecule has 0 spiro atoms. The molecule has 0 aromatic heterocycles. The summed E-state index contributed by atoms with van der Waals surface area (Å²) < 4.78 is 13.1. The number of nitriles is 2. The second kappa shape index (κ2) is 9.76. The Labute approximate surface area is 181 Å². The molecule has 1 aliphatic carbocycles. The van der Waals surface area contributed by atoms with Crippen LogP contribution in [0.5, 0.6) is 0 Å². The molecule has 1 rings (SSSR count). The van der Waals surface area contributed by atoms with Gasteiger partial charge in [0.05, 0.1) is 0 Å². The van der Waals surface area contributed by atoms with Crippen molar-refractivity contribution in [2.24, 2.45) is 5.41 Å². The number of nitrogens with one attached hydrogen (secondary N) is 1. The monoisotopic (exact) mass is 449 g/mol. The zero-order chi connectivity index (χ0) is 22.5. The van der Waals surface area contributed by atoms with E-state index in [1.54, 1.807) is 0 Å². The molecule has 0 fully saturated rings. The van der Waals surface area contributed by atoms with E-state index in [0.717, 1.165) is 43.1 Å². The van der Waals surface area contributed by atoms with Crippen LogP contribution in [-0.2, 0) is 8.23 Å². The van der Waals surface area contributed by atoms with Gasteiger partial charge in [-0.2, -0.15) is 10.5 Å². The van der Waals surface area contributed by atoms with Crippen LogP contribution in [0, 0.1) is 28.1 Å². The van der Waals surface area contributed by atoms with Crippen molar-refractivity contribution in [3.8, 4) is 12.1 Å². The second-order valence-electron chi connectivity index (χ2n) is 10.9. The van der Waals surface area contributed by atoms with Gasteiger partial charge in [-0.25, -0.2) is 0 Å². The number of rotatable bonds is 9. The summed E-state index contributed by atoms with van der Waals surface area (Å²) >= 11 is 0. The molecule has 0 aromatic carbocycles. The summed E-state index contributed by atoms with van der Waals surface area (Å²) in [4.78, 5) is 0. The Kier molecular flexibility index (Phi) is 8.70. The average Bonchev–Trinajstić information content (AvgIpc) is 2.47. The Morgan fingerprint density at radius 3 is 1.97 bits per heavy atom. The molecule has 0 atom stereocenters. The van der Waals surface area contributed by atoms with Crippen molar-refractivity contribution in [1.82, 2.24) is 5.32 Å². The van der Waals surface area contributed by atoms with Crippen LogP contribution in [0.4, 0.5) is 0 Å². The van der Waals surface area contributed by atoms with Crippen molar-refractivity contribution in [2.75, 3.05) is 6.54 Å². The smallest absolute Gasteiger partial charge is 0.314 e. The maximum Gasteiger partial charge on any atom is 0.314 e. The molecule has 0 amide bonds. The van der Waals surface area contributed by atoms with Gasteiger partial charge in [0, 0.05) is 12.2 Å². The fourth-order valence-corrected chi connectivity index (χ4v) is 16.5. The zero-order valence-electron chi connectivity index (χ0n) is 19.8. The van der Waals surface area contributed by atoms with Gasteiger partial charge in [0.1, 0.15) is 17.7 Å². The summed E-state index contributed by atoms with van der Waals surface area (Å²) in [6, 6.07) is 5.04. The van der Waals surface area contributed by atoms with Gasteiger partial charge in [0.2, 0.25) is 0 Å². The first-order chi connectivity index (χ1) is 13.1. The topological polar surface area (TPSA) is 78.1 Å². The Hall–Kier alpha value is -1.17. The molecule has 29 heavy (non-hydrogen) atoms. The van der Waals surface area contributed by atoms with Crippen molar-refractivity contribution in [2.45, 2.75) is 85.0 Å². The van der Waals surface area contributed by atoms with Crippen LogP contribution in [0.15, 0.2) is 22.9 Å². The highest BCUT2D eigenvalue weighted by Crippen LogP contribution is 2.38. The van der Waals surface area contributed by atoms with Crippen LogP contribution in [-0.4, -0.2) is 31.7 Å². The van der Waals surface area contributed by atoms with Crippen molar-refractivity contribution >= 4 is 25.2 Å². The molecule has 0 bridgehead atoms. The lowest BCUT2D eigenvalue weighted by Crippen LogP contribution is -2.52. The van der Waals surface area contributed by atoms with Crippen molar-refractivity contribution in [3.63, 3.8) is 0 Å². The van der Waals surface area contributed by atoms with Crippen molar-refractivity contribution in [1.29, 1.82) is 10.5 Å². The number of allylic oxidation sites excluding steroid dienone is 4. The molecule has 1 N–H and O–H groups in total. The van der Waals surface area contributed by atoms with E-state index in [4.69, 9.17) is 8.23 Å². The minimum atomic E-state index is -2.21. The van der Waals surface area contributed by atoms with Gasteiger partial charge in [-0.15, -0.1) is 0 Å². The average molecular weight is 450 g/mol. The Morgan fingerprint density at radius 1 is 1.00 bits per heavy atom. The lowest BCUT2D eigenvalue weighted by molar-refractivity contribution is 0.340. The lowest BCUT2D eigenvalue weighted by Gasteiger charge is -2.38. The van der Waals surface area contributed by atoms with Crippen LogP contribution >= 0.6 is 0 Å². The predicted molar refractivity (Wildman–Crippen MR) is 127 cm³/mol. The molecule has 0 aliphatic heterocycles. The standard InChI is InChI=1S/C21H39N3O2Si3/c1-21(2)14-18(19(16-22)17-23)13-20(15-21)24-11-10-12-29(9,25-27(3,4)5)26-28(6,7)8/h13,24H,10-12,14-15H2,1-9H3. The number of nitrogens with zero attached hydrogens (tertiary/aromatic N) is 2. The zero-order valence-corrected chi connectivity index (χ0v) is 22.8. The maximum atomic E-state index is 9.23. The second-order valence-corrected chi connectivity index (χ2v) is 23.8. The minimum Gasteiger partial charge on any atom is -0.437 e. The Balaban J connectivity index is 2.81. The quantitative estimate of drug-likeness (QED) is 0.274. The van der Waals surface area contributed by atoms with E-state index in [-0.39, 0.29) is 11.0 Å². The fourth-order valence-electron chi connectivity index (χ4n) is 3.93. The minimum absolute atomic E-state index is 0.0382. The molecule has 0 saturated heterocycles. The van der Waals surface area contributed by atoms with E-state index in [1.165, 1.54) is 0 Å². The van der Waals surface area contributed by atoms with Crippen molar-refractivity contribution < 1.29 is 8.23 Å². The molecular formula is C21H39N3O2Si3. The summed E-state index contributed by atoms with van der Waals surface area (Å²) in [5, 5.41) is 22.0. The largest absolute Gasteiger partial charge is 0.437 e. The van der Waals surface area contributed by atoms with Crippen LogP contribution < -0.4 is 5.32 Å². The summed E-state index contributed by atoms with van der Waals surface area (Å²) in [6.07, 6.45) is 4.67. The molecular weight excluding hydrogens is 411 g/mol. The molecule has 8 heteroatoms. The molecule has 0 saturated carbocycles. The Bertz CT molecular complexity index is 700. The van der Waals surface area contributed by atoms with Crippen LogP contribution in [0.25, 0.3) is 0 Å². The van der Waals surface area contributed by atoms with E-state index in [9.17, 15) is 10.5 Å². The van der Waals surface area contributed by atoms with E-state index in [2.05, 4.69) is 65.0 Å². The molecule has 0 radical (unpaired) electrons. The molecule has 162 valence electrons. The predicted octanol–water partition coefficient (Wildman–Crippen LogP) is 5.79. The highest BCUT2D eigenvalue weighted by molar-refractivity contribution is 6.87. The third-order valence-corrected chi connectivity index (χ3v) is 14.1. The van der Waals surface area contributed by atoms with Gasteiger partial charge in [0.25, 0.3) is 0 Å². The van der Waals surface area contributed by atoms with Gasteiger partial charge in [-0.05, 0) is 88.2 Å². The molecule has 5 nitrogen and oxygen atoms in total. The van der Waals surface area contributed by atoms with E-state index in [1.807, 2.05) is 18.2 Å². The van der Waals surface area contributed by atoms with Crippen LogP contribution in [0.1, 0.15) is 33.1 Å². The number of hydrogen-bond donors (Lipinski definition) is 1. The first-order valence-corrected chi connectivity index (χ1v) is 19.8. The molecule has 0 unspecified atom stereocenters. The highest BCUT2D eigenvalue weighted by Gasteiger charge is 2.39. The summed E-state index contributed by atoms with van der Waals surface area (Å²) in [7, 11) is -5.56. The molecule has 1 aliphatic rings. The highest BCUT2D eigenvalue weighted by atomic mass is 28.5. The molecule has 0 aromatic rings. The normalized spacial score (nSPS) is 17.2. The Morgan fingerprint density at radius 2 is 1.52 bits per heavy atom. The van der Waals surface area contributed by atoms with Crippen LogP contribution in [0.3, 0.4) is 0 Å². The van der Waals surface area contributed by atoms with E-state index in [0.29, 0.717) is 0 Å². The summed E-state index contributed by atoms with van der Waals surface area (Å²) in [6.45, 7) is 20.8. The van der Waals surface area contributed by atoms with Gasteiger partial charge < -0.3 is 13.5 Å². The van der Waals surface area contributed by atoms with Crippen molar-refractivity contribution in [3.05, 3.63) is 22.9 Å².